The van der Waals surface area contributed by atoms with Crippen molar-refractivity contribution in [3.8, 4) is 0 Å². The molecule has 0 unspecified atom stereocenters. The first kappa shape index (κ1) is 17.3. The molecule has 0 bridgehead atoms. The molecular formula is C16H20N4O2S2. The van der Waals surface area contributed by atoms with Crippen molar-refractivity contribution < 1.29 is 9.53 Å². The minimum atomic E-state index is -0.155. The normalized spacial score (nSPS) is 15.4. The zero-order valence-electron chi connectivity index (χ0n) is 13.5. The zero-order valence-corrected chi connectivity index (χ0v) is 15.2. The minimum absolute atomic E-state index is 0.155. The Kier molecular flexibility index (Phi) is 6.19. The van der Waals surface area contributed by atoms with E-state index in [1.165, 1.54) is 16.9 Å². The van der Waals surface area contributed by atoms with E-state index in [4.69, 9.17) is 4.74 Å². The van der Waals surface area contributed by atoms with Crippen LogP contribution in [0.25, 0.3) is 0 Å². The number of ether oxygens (including phenoxy) is 1. The summed E-state index contributed by atoms with van der Waals surface area (Å²) in [7, 11) is 0. The van der Waals surface area contributed by atoms with Crippen LogP contribution in [-0.4, -0.2) is 53.1 Å². The van der Waals surface area contributed by atoms with Crippen LogP contribution in [0.15, 0.2) is 28.6 Å². The summed E-state index contributed by atoms with van der Waals surface area (Å²) in [6, 6.07) is 7.72. The van der Waals surface area contributed by atoms with Gasteiger partial charge in [0.2, 0.25) is 5.13 Å². The van der Waals surface area contributed by atoms with Crippen LogP contribution >= 0.6 is 23.1 Å². The van der Waals surface area contributed by atoms with Gasteiger partial charge in [-0.3, -0.25) is 15.0 Å². The summed E-state index contributed by atoms with van der Waals surface area (Å²) in [5.74, 6) is 0.782. The van der Waals surface area contributed by atoms with E-state index in [-0.39, 0.29) is 5.91 Å². The van der Waals surface area contributed by atoms with Gasteiger partial charge in [-0.05, 0) is 23.4 Å². The highest BCUT2D eigenvalue weighted by atomic mass is 32.2. The van der Waals surface area contributed by atoms with E-state index in [9.17, 15) is 4.79 Å². The number of nitrogens with one attached hydrogen (secondary N) is 1. The Morgan fingerprint density at radius 3 is 2.75 bits per heavy atom. The summed E-state index contributed by atoms with van der Waals surface area (Å²) < 4.78 is 6.22. The topological polar surface area (TPSA) is 67.4 Å². The number of rotatable bonds is 6. The molecule has 1 aromatic heterocycles. The summed E-state index contributed by atoms with van der Waals surface area (Å²) in [6.45, 7) is 6.44. The SMILES string of the molecule is CCSc1nnc(NC(=O)c2ccc(CN3CCOCC3)cc2)s1. The Bertz CT molecular complexity index is 669. The maximum Gasteiger partial charge on any atom is 0.257 e. The predicted molar refractivity (Wildman–Crippen MR) is 96.8 cm³/mol. The molecule has 0 saturated carbocycles. The number of carbonyl (C=O) groups excluding carboxylic acids is 1. The van der Waals surface area contributed by atoms with Crippen molar-refractivity contribution in [2.45, 2.75) is 17.8 Å². The Morgan fingerprint density at radius 1 is 1.29 bits per heavy atom. The average molecular weight is 364 g/mol. The maximum absolute atomic E-state index is 12.3. The van der Waals surface area contributed by atoms with Gasteiger partial charge < -0.3 is 4.74 Å². The van der Waals surface area contributed by atoms with Crippen LogP contribution in [0.1, 0.15) is 22.8 Å². The van der Waals surface area contributed by atoms with Gasteiger partial charge in [0.15, 0.2) is 4.34 Å². The largest absolute Gasteiger partial charge is 0.379 e. The molecule has 3 rings (SSSR count). The highest BCUT2D eigenvalue weighted by Gasteiger charge is 2.13. The molecule has 0 radical (unpaired) electrons. The van der Waals surface area contributed by atoms with Crippen LogP contribution in [0.2, 0.25) is 0 Å². The molecule has 1 fully saturated rings. The third kappa shape index (κ3) is 4.76. The first-order chi connectivity index (χ1) is 11.7. The second-order valence-electron chi connectivity index (χ2n) is 5.35. The summed E-state index contributed by atoms with van der Waals surface area (Å²) >= 11 is 3.01. The lowest BCUT2D eigenvalue weighted by atomic mass is 10.1. The fraction of sp³-hybridized carbons (Fsp3) is 0.438. The number of thioether (sulfide) groups is 1. The molecule has 128 valence electrons. The van der Waals surface area contributed by atoms with Gasteiger partial charge in [-0.1, -0.05) is 42.2 Å². The first-order valence-electron chi connectivity index (χ1n) is 7.91. The van der Waals surface area contributed by atoms with Crippen LogP contribution in [0.4, 0.5) is 5.13 Å². The van der Waals surface area contributed by atoms with E-state index in [1.807, 2.05) is 24.3 Å². The molecule has 1 amide bonds. The molecule has 2 heterocycles. The van der Waals surface area contributed by atoms with Gasteiger partial charge >= 0.3 is 0 Å². The van der Waals surface area contributed by atoms with Crippen molar-refractivity contribution in [3.05, 3.63) is 35.4 Å². The van der Waals surface area contributed by atoms with Gasteiger partial charge in [0, 0.05) is 25.2 Å². The molecule has 2 aromatic rings. The van der Waals surface area contributed by atoms with Gasteiger partial charge in [-0.25, -0.2) is 0 Å². The number of hydrogen-bond donors (Lipinski definition) is 1. The van der Waals surface area contributed by atoms with E-state index in [0.29, 0.717) is 10.7 Å². The quantitative estimate of drug-likeness (QED) is 0.628. The highest BCUT2D eigenvalue weighted by Crippen LogP contribution is 2.25. The second-order valence-corrected chi connectivity index (χ2v) is 7.83. The summed E-state index contributed by atoms with van der Waals surface area (Å²) in [5.41, 5.74) is 1.83. The Hall–Kier alpha value is -1.48. The standard InChI is InChI=1S/C16H20N4O2S2/c1-2-23-16-19-18-15(24-16)17-14(21)13-5-3-12(4-6-13)11-20-7-9-22-10-8-20/h3-6H,2,7-11H2,1H3,(H,17,18,21). The van der Waals surface area contributed by atoms with E-state index in [2.05, 4.69) is 27.3 Å². The van der Waals surface area contributed by atoms with Crippen LogP contribution in [0.3, 0.4) is 0 Å². The second kappa shape index (κ2) is 8.57. The van der Waals surface area contributed by atoms with Gasteiger partial charge in [0.05, 0.1) is 13.2 Å². The minimum Gasteiger partial charge on any atom is -0.379 e. The van der Waals surface area contributed by atoms with Crippen molar-refractivity contribution in [1.29, 1.82) is 0 Å². The lowest BCUT2D eigenvalue weighted by Crippen LogP contribution is -2.35. The van der Waals surface area contributed by atoms with Gasteiger partial charge in [0.25, 0.3) is 5.91 Å². The van der Waals surface area contributed by atoms with E-state index in [0.717, 1.165) is 42.9 Å². The molecule has 6 nitrogen and oxygen atoms in total. The molecule has 1 aromatic carbocycles. The van der Waals surface area contributed by atoms with Gasteiger partial charge in [0.1, 0.15) is 0 Å². The molecule has 1 N–H and O–H groups in total. The van der Waals surface area contributed by atoms with E-state index < -0.39 is 0 Å². The number of benzene rings is 1. The third-order valence-corrected chi connectivity index (χ3v) is 5.47. The number of hydrogen-bond acceptors (Lipinski definition) is 7. The van der Waals surface area contributed by atoms with Crippen molar-refractivity contribution in [3.63, 3.8) is 0 Å². The van der Waals surface area contributed by atoms with Gasteiger partial charge in [-0.2, -0.15) is 0 Å². The zero-order chi connectivity index (χ0) is 16.8. The lowest BCUT2D eigenvalue weighted by Gasteiger charge is -2.26. The maximum atomic E-state index is 12.3. The van der Waals surface area contributed by atoms with Crippen molar-refractivity contribution in [2.75, 3.05) is 37.4 Å². The molecule has 0 spiro atoms. The molecule has 0 atom stereocenters. The van der Waals surface area contributed by atoms with Crippen LogP contribution < -0.4 is 5.32 Å². The molecule has 1 aliphatic rings. The number of carbonyl (C=O) groups is 1. The van der Waals surface area contributed by atoms with Crippen LogP contribution in [0.5, 0.6) is 0 Å². The molecule has 8 heteroatoms. The van der Waals surface area contributed by atoms with E-state index >= 15 is 0 Å². The monoisotopic (exact) mass is 364 g/mol. The number of morpholine rings is 1. The predicted octanol–water partition coefficient (Wildman–Crippen LogP) is 2.73. The van der Waals surface area contributed by atoms with Crippen molar-refractivity contribution in [2.24, 2.45) is 0 Å². The summed E-state index contributed by atoms with van der Waals surface area (Å²) in [5, 5.41) is 11.4. The molecular weight excluding hydrogens is 344 g/mol. The lowest BCUT2D eigenvalue weighted by molar-refractivity contribution is 0.0342. The number of amides is 1. The smallest absolute Gasteiger partial charge is 0.257 e. The van der Waals surface area contributed by atoms with Crippen molar-refractivity contribution >= 4 is 34.1 Å². The Morgan fingerprint density at radius 2 is 2.04 bits per heavy atom. The number of nitrogens with zero attached hydrogens (tertiary/aromatic N) is 3. The van der Waals surface area contributed by atoms with Crippen LogP contribution in [-0.2, 0) is 11.3 Å². The molecule has 0 aliphatic carbocycles. The molecule has 24 heavy (non-hydrogen) atoms. The number of aromatic nitrogens is 2. The fourth-order valence-electron chi connectivity index (χ4n) is 2.39. The molecule has 1 saturated heterocycles. The van der Waals surface area contributed by atoms with Gasteiger partial charge in [-0.15, -0.1) is 10.2 Å². The average Bonchev–Trinajstić information content (AvgIpc) is 3.04. The number of anilines is 1. The first-order valence-corrected chi connectivity index (χ1v) is 9.71. The van der Waals surface area contributed by atoms with Crippen molar-refractivity contribution in [1.82, 2.24) is 15.1 Å². The Labute approximate surface area is 149 Å². The van der Waals surface area contributed by atoms with Crippen LogP contribution in [0, 0.1) is 0 Å². The third-order valence-electron chi connectivity index (χ3n) is 3.62. The summed E-state index contributed by atoms with van der Waals surface area (Å²) in [6.07, 6.45) is 0. The van der Waals surface area contributed by atoms with E-state index in [1.54, 1.807) is 11.8 Å². The highest BCUT2D eigenvalue weighted by molar-refractivity contribution is 8.01. The Balaban J connectivity index is 1.56. The molecule has 1 aliphatic heterocycles. The fourth-order valence-corrected chi connectivity index (χ4v) is 4.03. The summed E-state index contributed by atoms with van der Waals surface area (Å²) in [4.78, 5) is 14.6.